The topological polar surface area (TPSA) is 130 Å². The minimum absolute atomic E-state index is 0.133. The number of halogens is 3. The molecule has 1 atom stereocenters. The van der Waals surface area contributed by atoms with Crippen LogP contribution in [0.25, 0.3) is 22.0 Å². The number of benzene rings is 2. The van der Waals surface area contributed by atoms with Crippen LogP contribution < -0.4 is 15.4 Å². The van der Waals surface area contributed by atoms with Gasteiger partial charge in [-0.2, -0.15) is 13.2 Å². The van der Waals surface area contributed by atoms with Crippen molar-refractivity contribution in [2.24, 2.45) is 0 Å². The van der Waals surface area contributed by atoms with E-state index in [-0.39, 0.29) is 11.9 Å². The zero-order valence-corrected chi connectivity index (χ0v) is 23.2. The van der Waals surface area contributed by atoms with Crippen LogP contribution in [0.3, 0.4) is 0 Å². The lowest BCUT2D eigenvalue weighted by Crippen LogP contribution is -2.44. The summed E-state index contributed by atoms with van der Waals surface area (Å²) in [5.41, 5.74) is 2.25. The lowest BCUT2D eigenvalue weighted by atomic mass is 10.0. The summed E-state index contributed by atoms with van der Waals surface area (Å²) >= 11 is 0. The minimum Gasteiger partial charge on any atom is -0.465 e. The van der Waals surface area contributed by atoms with Crippen molar-refractivity contribution in [1.82, 2.24) is 19.9 Å². The first-order valence-electron chi connectivity index (χ1n) is 13.7. The van der Waals surface area contributed by atoms with Crippen LogP contribution in [0.2, 0.25) is 0 Å². The molecular weight excluding hydrogens is 565 g/mol. The van der Waals surface area contributed by atoms with Gasteiger partial charge in [0.1, 0.15) is 5.75 Å². The van der Waals surface area contributed by atoms with Crippen LogP contribution in [-0.4, -0.2) is 62.3 Å². The highest BCUT2D eigenvalue weighted by atomic mass is 19.4. The number of fused-ring (bicyclic) bond motifs is 1. The first-order valence-corrected chi connectivity index (χ1v) is 13.7. The number of likely N-dealkylation sites (tertiary alicyclic amines) is 1. The molecule has 1 aliphatic heterocycles. The SMILES string of the molecule is Cc1ccc2c(NC(=O)CCC(F)(F)F)cccc2c1Oc1ncccc1-c1ccnc(N[C@H]2CCCN(C(=O)O)C2)n1. The molecule has 3 N–H and O–H groups in total. The number of hydrogen-bond acceptors (Lipinski definition) is 7. The summed E-state index contributed by atoms with van der Waals surface area (Å²) in [6, 6.07) is 13.8. The molecule has 4 aromatic rings. The summed E-state index contributed by atoms with van der Waals surface area (Å²) in [5.74, 6) is 0.332. The van der Waals surface area contributed by atoms with E-state index in [9.17, 15) is 27.9 Å². The summed E-state index contributed by atoms with van der Waals surface area (Å²) in [6.07, 6.45) is -2.59. The van der Waals surface area contributed by atoms with Crippen molar-refractivity contribution in [3.05, 3.63) is 66.5 Å². The number of carbonyl (C=O) groups excluding carboxylic acids is 1. The van der Waals surface area contributed by atoms with E-state index in [1.54, 1.807) is 60.9 Å². The third-order valence-corrected chi connectivity index (χ3v) is 7.05. The van der Waals surface area contributed by atoms with Crippen LogP contribution in [0.15, 0.2) is 60.9 Å². The maximum absolute atomic E-state index is 12.6. The number of alkyl halides is 3. The van der Waals surface area contributed by atoms with Crippen LogP contribution in [0.4, 0.5) is 29.6 Å². The van der Waals surface area contributed by atoms with Gasteiger partial charge in [0.25, 0.3) is 0 Å². The quantitative estimate of drug-likeness (QED) is 0.207. The number of rotatable bonds is 8. The zero-order valence-electron chi connectivity index (χ0n) is 23.2. The van der Waals surface area contributed by atoms with Gasteiger partial charge in [-0.15, -0.1) is 0 Å². The van der Waals surface area contributed by atoms with Crippen molar-refractivity contribution >= 4 is 34.4 Å². The molecule has 3 heterocycles. The average Bonchev–Trinajstić information content (AvgIpc) is 2.98. The van der Waals surface area contributed by atoms with Gasteiger partial charge < -0.3 is 25.4 Å². The number of anilines is 2. The highest BCUT2D eigenvalue weighted by Gasteiger charge is 2.28. The number of nitrogens with zero attached hydrogens (tertiary/aromatic N) is 4. The molecule has 0 spiro atoms. The van der Waals surface area contributed by atoms with Crippen LogP contribution in [0.1, 0.15) is 31.2 Å². The highest BCUT2D eigenvalue weighted by molar-refractivity contribution is 6.04. The minimum atomic E-state index is -4.42. The first-order chi connectivity index (χ1) is 20.6. The van der Waals surface area contributed by atoms with E-state index in [1.165, 1.54) is 4.90 Å². The number of nitrogens with one attached hydrogen (secondary N) is 2. The predicted octanol–water partition coefficient (Wildman–Crippen LogP) is 6.63. The smallest absolute Gasteiger partial charge is 0.407 e. The van der Waals surface area contributed by atoms with Crippen molar-refractivity contribution in [2.75, 3.05) is 23.7 Å². The van der Waals surface area contributed by atoms with Gasteiger partial charge in [-0.05, 0) is 49.6 Å². The summed E-state index contributed by atoms with van der Waals surface area (Å²) < 4.78 is 44.2. The van der Waals surface area contributed by atoms with Gasteiger partial charge in [0.05, 0.1) is 17.7 Å². The number of aryl methyl sites for hydroxylation is 1. The molecule has 0 aliphatic carbocycles. The van der Waals surface area contributed by atoms with Gasteiger partial charge in [-0.25, -0.2) is 19.7 Å². The van der Waals surface area contributed by atoms with Crippen LogP contribution >= 0.6 is 0 Å². The number of aromatic nitrogens is 3. The zero-order chi connectivity index (χ0) is 30.6. The fourth-order valence-corrected chi connectivity index (χ4v) is 4.94. The van der Waals surface area contributed by atoms with Gasteiger partial charge in [0.15, 0.2) is 0 Å². The van der Waals surface area contributed by atoms with E-state index < -0.39 is 31.0 Å². The van der Waals surface area contributed by atoms with Crippen molar-refractivity contribution in [2.45, 2.75) is 44.8 Å². The number of amides is 2. The summed E-state index contributed by atoms with van der Waals surface area (Å²) in [4.78, 5) is 38.4. The Labute approximate surface area is 244 Å². The van der Waals surface area contributed by atoms with E-state index in [2.05, 4.69) is 25.6 Å². The third kappa shape index (κ3) is 7.29. The van der Waals surface area contributed by atoms with Gasteiger partial charge in [-0.1, -0.05) is 24.3 Å². The Hall–Kier alpha value is -4.94. The molecular formula is C30H29F3N6O4. The second kappa shape index (κ2) is 12.5. The number of ether oxygens (including phenoxy) is 1. The molecule has 10 nitrogen and oxygen atoms in total. The first kappa shape index (κ1) is 29.5. The molecule has 1 aliphatic rings. The molecule has 0 unspecified atom stereocenters. The maximum Gasteiger partial charge on any atom is 0.407 e. The molecule has 0 radical (unpaired) electrons. The number of carbonyl (C=O) groups is 2. The van der Waals surface area contributed by atoms with Gasteiger partial charge >= 0.3 is 12.3 Å². The summed E-state index contributed by atoms with van der Waals surface area (Å²) in [5, 5.41) is 16.4. The van der Waals surface area contributed by atoms with Gasteiger partial charge in [0.2, 0.25) is 17.7 Å². The van der Waals surface area contributed by atoms with Crippen molar-refractivity contribution in [1.29, 1.82) is 0 Å². The molecule has 5 rings (SSSR count). The fourth-order valence-electron chi connectivity index (χ4n) is 4.94. The second-order valence-electron chi connectivity index (χ2n) is 10.2. The monoisotopic (exact) mass is 594 g/mol. The molecule has 0 bridgehead atoms. The number of piperidine rings is 1. The Kier molecular flexibility index (Phi) is 8.60. The average molecular weight is 595 g/mol. The highest BCUT2D eigenvalue weighted by Crippen LogP contribution is 2.38. The van der Waals surface area contributed by atoms with Gasteiger partial charge in [-0.3, -0.25) is 4.79 Å². The Morgan fingerprint density at radius 2 is 1.91 bits per heavy atom. The normalized spacial score (nSPS) is 15.3. The maximum atomic E-state index is 12.6. The predicted molar refractivity (Wildman–Crippen MR) is 154 cm³/mol. The molecule has 1 fully saturated rings. The standard InChI is InChI=1S/C30H29F3N6O4/c1-18-9-10-20-21(6-2-8-23(20)37-25(40)11-13-30(31,32)33)26(18)43-27-22(7-3-14-34-27)24-12-15-35-28(38-24)36-19-5-4-16-39(17-19)29(41)42/h2-3,6-10,12,14-15,19H,4-5,11,13,16-17H2,1H3,(H,37,40)(H,41,42)(H,35,36,38)/t19-/m0/s1. The number of pyridine rings is 1. The van der Waals surface area contributed by atoms with Crippen LogP contribution in [0, 0.1) is 6.92 Å². The number of carboxylic acid groups (broad SMARTS) is 1. The summed E-state index contributed by atoms with van der Waals surface area (Å²) in [7, 11) is 0. The van der Waals surface area contributed by atoms with E-state index >= 15 is 0 Å². The molecule has 1 saturated heterocycles. The van der Waals surface area contributed by atoms with E-state index in [0.29, 0.717) is 52.5 Å². The second-order valence-corrected chi connectivity index (χ2v) is 10.2. The molecule has 2 amide bonds. The van der Waals surface area contributed by atoms with Crippen molar-refractivity contribution in [3.8, 4) is 22.9 Å². The van der Waals surface area contributed by atoms with Gasteiger partial charge in [0, 0.05) is 54.4 Å². The van der Waals surface area contributed by atoms with Crippen LogP contribution in [0.5, 0.6) is 11.6 Å². The molecule has 0 saturated carbocycles. The lowest BCUT2D eigenvalue weighted by Gasteiger charge is -2.31. The molecule has 13 heteroatoms. The lowest BCUT2D eigenvalue weighted by molar-refractivity contribution is -0.142. The van der Waals surface area contributed by atoms with E-state index in [4.69, 9.17) is 4.74 Å². The Bertz CT molecular complexity index is 1650. The Morgan fingerprint density at radius 3 is 2.70 bits per heavy atom. The molecule has 43 heavy (non-hydrogen) atoms. The third-order valence-electron chi connectivity index (χ3n) is 7.05. The van der Waals surface area contributed by atoms with Crippen molar-refractivity contribution in [3.63, 3.8) is 0 Å². The Morgan fingerprint density at radius 1 is 1.07 bits per heavy atom. The number of hydrogen-bond donors (Lipinski definition) is 3. The molecule has 2 aromatic carbocycles. The van der Waals surface area contributed by atoms with Crippen molar-refractivity contribution < 1.29 is 32.6 Å². The van der Waals surface area contributed by atoms with Crippen LogP contribution in [-0.2, 0) is 4.79 Å². The van der Waals surface area contributed by atoms with E-state index in [0.717, 1.165) is 18.4 Å². The molecule has 2 aromatic heterocycles. The fraction of sp³-hybridized carbons (Fsp3) is 0.300. The molecule has 224 valence electrons. The van der Waals surface area contributed by atoms with E-state index in [1.807, 2.05) is 6.92 Å². The largest absolute Gasteiger partial charge is 0.465 e. The summed E-state index contributed by atoms with van der Waals surface area (Å²) in [6.45, 7) is 2.67. The Balaban J connectivity index is 1.40.